The van der Waals surface area contributed by atoms with Crippen LogP contribution in [-0.4, -0.2) is 52.8 Å². The second kappa shape index (κ2) is 10.0. The molecule has 2 aromatic rings. The van der Waals surface area contributed by atoms with Crippen LogP contribution < -0.4 is 20.1 Å². The molecule has 0 aliphatic rings. The van der Waals surface area contributed by atoms with Crippen molar-refractivity contribution in [3.05, 3.63) is 46.2 Å². The van der Waals surface area contributed by atoms with Crippen LogP contribution in [0.25, 0.3) is 0 Å². The normalized spacial score (nSPS) is 12.8. The third-order valence-corrected chi connectivity index (χ3v) is 5.10. The molecule has 1 atom stereocenters. The van der Waals surface area contributed by atoms with Crippen molar-refractivity contribution >= 4 is 17.3 Å². The molecule has 1 heterocycles. The number of hydrogen-bond acceptors (Lipinski definition) is 5. The van der Waals surface area contributed by atoms with E-state index in [1.54, 1.807) is 32.6 Å². The van der Waals surface area contributed by atoms with E-state index >= 15 is 0 Å². The zero-order valence-electron chi connectivity index (χ0n) is 16.1. The summed E-state index contributed by atoms with van der Waals surface area (Å²) < 4.78 is 10.7. The lowest BCUT2D eigenvalue weighted by atomic mass is 10.2. The fourth-order valence-corrected chi connectivity index (χ4v) is 3.53. The maximum atomic E-state index is 5.45. The third-order valence-electron chi connectivity index (χ3n) is 4.12. The number of likely N-dealkylation sites (N-methyl/N-ethyl adjacent to an activating group) is 1. The van der Waals surface area contributed by atoms with Gasteiger partial charge in [0.05, 0.1) is 20.3 Å². The van der Waals surface area contributed by atoms with E-state index in [-0.39, 0.29) is 0 Å². The Hall–Kier alpha value is -2.25. The number of nitrogens with one attached hydrogen (secondary N) is 2. The van der Waals surface area contributed by atoms with Gasteiger partial charge in [0, 0.05) is 36.6 Å². The Labute approximate surface area is 159 Å². The van der Waals surface area contributed by atoms with Crippen molar-refractivity contribution in [3.63, 3.8) is 0 Å². The number of benzene rings is 1. The SMILES string of the molecule is CN=C(NCc1ccc(OC)cc1OC)NCC(c1cccs1)N(C)C. The van der Waals surface area contributed by atoms with Crippen LogP contribution in [0.1, 0.15) is 16.5 Å². The molecule has 6 nitrogen and oxygen atoms in total. The number of thiophene rings is 1. The molecule has 142 valence electrons. The number of nitrogens with zero attached hydrogens (tertiary/aromatic N) is 2. The van der Waals surface area contributed by atoms with Gasteiger partial charge in [0.15, 0.2) is 5.96 Å². The lowest BCUT2D eigenvalue weighted by Gasteiger charge is -2.24. The van der Waals surface area contributed by atoms with Crippen LogP contribution in [-0.2, 0) is 6.54 Å². The van der Waals surface area contributed by atoms with E-state index in [1.807, 2.05) is 18.2 Å². The van der Waals surface area contributed by atoms with E-state index in [0.717, 1.165) is 29.6 Å². The first-order chi connectivity index (χ1) is 12.6. The summed E-state index contributed by atoms with van der Waals surface area (Å²) in [6.45, 7) is 1.38. The summed E-state index contributed by atoms with van der Waals surface area (Å²) in [4.78, 5) is 7.85. The molecule has 1 aromatic carbocycles. The number of rotatable bonds is 8. The number of ether oxygens (including phenoxy) is 2. The highest BCUT2D eigenvalue weighted by molar-refractivity contribution is 7.10. The fraction of sp³-hybridized carbons (Fsp3) is 0.421. The summed E-state index contributed by atoms with van der Waals surface area (Å²) in [6.07, 6.45) is 0. The van der Waals surface area contributed by atoms with Crippen molar-refractivity contribution in [1.82, 2.24) is 15.5 Å². The minimum absolute atomic E-state index is 0.295. The molecule has 2 rings (SSSR count). The highest BCUT2D eigenvalue weighted by Gasteiger charge is 2.15. The van der Waals surface area contributed by atoms with Gasteiger partial charge in [0.25, 0.3) is 0 Å². The molecule has 0 spiro atoms. The van der Waals surface area contributed by atoms with E-state index in [0.29, 0.717) is 12.6 Å². The monoisotopic (exact) mass is 376 g/mol. The molecule has 0 saturated heterocycles. The van der Waals surface area contributed by atoms with Gasteiger partial charge in [-0.05, 0) is 37.7 Å². The van der Waals surface area contributed by atoms with Crippen LogP contribution >= 0.6 is 11.3 Å². The van der Waals surface area contributed by atoms with Gasteiger partial charge in [-0.3, -0.25) is 4.99 Å². The predicted molar refractivity (Wildman–Crippen MR) is 108 cm³/mol. The molecule has 1 unspecified atom stereocenters. The zero-order chi connectivity index (χ0) is 18.9. The van der Waals surface area contributed by atoms with Gasteiger partial charge in [0.1, 0.15) is 11.5 Å². The molecular formula is C19H28N4O2S. The molecule has 7 heteroatoms. The van der Waals surface area contributed by atoms with E-state index in [2.05, 4.69) is 52.1 Å². The third kappa shape index (κ3) is 5.37. The molecule has 0 radical (unpaired) electrons. The molecule has 0 amide bonds. The van der Waals surface area contributed by atoms with E-state index < -0.39 is 0 Å². The van der Waals surface area contributed by atoms with Crippen molar-refractivity contribution in [2.75, 3.05) is 41.9 Å². The molecule has 0 fully saturated rings. The number of aliphatic imine (C=N–C) groups is 1. The minimum Gasteiger partial charge on any atom is -0.497 e. The first-order valence-electron chi connectivity index (χ1n) is 8.44. The van der Waals surface area contributed by atoms with Gasteiger partial charge in [-0.15, -0.1) is 11.3 Å². The Balaban J connectivity index is 1.95. The summed E-state index contributed by atoms with van der Waals surface area (Å²) in [5.74, 6) is 2.32. The van der Waals surface area contributed by atoms with Crippen LogP contribution in [0.4, 0.5) is 0 Å². The quantitative estimate of drug-likeness (QED) is 0.548. The standard InChI is InChI=1S/C19H28N4O2S/c1-20-19(22-13-16(23(2)3)18-7-6-10-26-18)21-12-14-8-9-15(24-4)11-17(14)25-5/h6-11,16H,12-13H2,1-5H3,(H2,20,21,22). The van der Waals surface area contributed by atoms with Gasteiger partial charge in [-0.1, -0.05) is 6.07 Å². The maximum Gasteiger partial charge on any atom is 0.191 e. The molecule has 0 aliphatic heterocycles. The lowest BCUT2D eigenvalue weighted by Crippen LogP contribution is -2.41. The minimum atomic E-state index is 0.295. The van der Waals surface area contributed by atoms with Crippen molar-refractivity contribution in [3.8, 4) is 11.5 Å². The molecular weight excluding hydrogens is 348 g/mol. The number of hydrogen-bond donors (Lipinski definition) is 2. The second-order valence-electron chi connectivity index (χ2n) is 5.98. The van der Waals surface area contributed by atoms with Crippen molar-refractivity contribution < 1.29 is 9.47 Å². The molecule has 1 aromatic heterocycles. The molecule has 0 bridgehead atoms. The smallest absolute Gasteiger partial charge is 0.191 e. The predicted octanol–water partition coefficient (Wildman–Crippen LogP) is 2.73. The van der Waals surface area contributed by atoms with Gasteiger partial charge < -0.3 is 25.0 Å². The first-order valence-corrected chi connectivity index (χ1v) is 9.32. The summed E-state index contributed by atoms with van der Waals surface area (Å²) in [5, 5.41) is 8.85. The fourth-order valence-electron chi connectivity index (χ4n) is 2.61. The van der Waals surface area contributed by atoms with Crippen LogP contribution in [0.15, 0.2) is 40.7 Å². The zero-order valence-corrected chi connectivity index (χ0v) is 16.9. The van der Waals surface area contributed by atoms with Gasteiger partial charge in [-0.2, -0.15) is 0 Å². The summed E-state index contributed by atoms with van der Waals surface area (Å²) in [7, 11) is 9.26. The molecule has 2 N–H and O–H groups in total. The summed E-state index contributed by atoms with van der Waals surface area (Å²) in [6, 6.07) is 10.3. The van der Waals surface area contributed by atoms with Gasteiger partial charge in [-0.25, -0.2) is 0 Å². The lowest BCUT2D eigenvalue weighted by molar-refractivity contribution is 0.302. The van der Waals surface area contributed by atoms with Crippen LogP contribution in [0.2, 0.25) is 0 Å². The molecule has 0 aliphatic carbocycles. The first kappa shape index (κ1) is 20.1. The van der Waals surface area contributed by atoms with Gasteiger partial charge >= 0.3 is 0 Å². The maximum absolute atomic E-state index is 5.45. The molecule has 26 heavy (non-hydrogen) atoms. The average Bonchev–Trinajstić information content (AvgIpc) is 3.18. The Morgan fingerprint density at radius 3 is 2.58 bits per heavy atom. The average molecular weight is 377 g/mol. The second-order valence-corrected chi connectivity index (χ2v) is 6.96. The summed E-state index contributed by atoms with van der Waals surface area (Å²) >= 11 is 1.77. The van der Waals surface area contributed by atoms with Crippen molar-refractivity contribution in [2.45, 2.75) is 12.6 Å². The van der Waals surface area contributed by atoms with Gasteiger partial charge in [0.2, 0.25) is 0 Å². The number of guanidine groups is 1. The van der Waals surface area contributed by atoms with E-state index in [4.69, 9.17) is 9.47 Å². The molecule has 0 saturated carbocycles. The Bertz CT molecular complexity index is 702. The Morgan fingerprint density at radius 2 is 2.00 bits per heavy atom. The summed E-state index contributed by atoms with van der Waals surface area (Å²) in [5.41, 5.74) is 1.04. The highest BCUT2D eigenvalue weighted by atomic mass is 32.1. The van der Waals surface area contributed by atoms with E-state index in [9.17, 15) is 0 Å². The topological polar surface area (TPSA) is 58.1 Å². The van der Waals surface area contributed by atoms with E-state index in [1.165, 1.54) is 4.88 Å². The van der Waals surface area contributed by atoms with Crippen LogP contribution in [0.3, 0.4) is 0 Å². The van der Waals surface area contributed by atoms with Crippen molar-refractivity contribution in [1.29, 1.82) is 0 Å². The van der Waals surface area contributed by atoms with Crippen molar-refractivity contribution in [2.24, 2.45) is 4.99 Å². The highest BCUT2D eigenvalue weighted by Crippen LogP contribution is 2.24. The Morgan fingerprint density at radius 1 is 1.19 bits per heavy atom. The largest absolute Gasteiger partial charge is 0.497 e. The van der Waals surface area contributed by atoms with Crippen LogP contribution in [0, 0.1) is 0 Å². The Kier molecular flexibility index (Phi) is 7.74. The number of methoxy groups -OCH3 is 2. The van der Waals surface area contributed by atoms with Crippen LogP contribution in [0.5, 0.6) is 11.5 Å².